The van der Waals surface area contributed by atoms with Crippen molar-refractivity contribution in [3.8, 4) is 0 Å². The SMILES string of the molecule is CCC(CCS(C)(=O)=O)C(C)Cl. The van der Waals surface area contributed by atoms with Crippen molar-refractivity contribution in [2.75, 3.05) is 12.0 Å². The number of hydrogen-bond acceptors (Lipinski definition) is 2. The number of rotatable bonds is 5. The summed E-state index contributed by atoms with van der Waals surface area (Å²) >= 11 is 5.88. The molecule has 0 saturated heterocycles. The minimum atomic E-state index is -2.82. The van der Waals surface area contributed by atoms with E-state index in [4.69, 9.17) is 11.6 Å². The molecular formula is C8H17ClO2S. The summed E-state index contributed by atoms with van der Waals surface area (Å²) in [6.07, 6.45) is 2.89. The van der Waals surface area contributed by atoms with Gasteiger partial charge in [-0.05, 0) is 19.3 Å². The predicted octanol–water partition coefficient (Wildman–Crippen LogP) is 2.07. The molecule has 2 nitrogen and oxygen atoms in total. The highest BCUT2D eigenvalue weighted by Crippen LogP contribution is 2.18. The highest BCUT2D eigenvalue weighted by atomic mass is 35.5. The first-order chi connectivity index (χ1) is 5.37. The number of alkyl halides is 1. The molecule has 0 radical (unpaired) electrons. The molecule has 0 heterocycles. The summed E-state index contributed by atoms with van der Waals surface area (Å²) in [4.78, 5) is 0. The molecule has 0 bridgehead atoms. The molecule has 0 spiro atoms. The fourth-order valence-corrected chi connectivity index (χ4v) is 2.16. The molecule has 0 saturated carbocycles. The second-order valence-electron chi connectivity index (χ2n) is 3.26. The van der Waals surface area contributed by atoms with Gasteiger partial charge in [-0.25, -0.2) is 8.42 Å². The Labute approximate surface area is 80.2 Å². The zero-order chi connectivity index (χ0) is 9.78. The molecule has 0 amide bonds. The zero-order valence-electron chi connectivity index (χ0n) is 7.88. The van der Waals surface area contributed by atoms with E-state index in [-0.39, 0.29) is 11.1 Å². The lowest BCUT2D eigenvalue weighted by molar-refractivity contribution is 0.481. The fraction of sp³-hybridized carbons (Fsp3) is 1.00. The molecule has 4 heteroatoms. The average molecular weight is 213 g/mol. The molecule has 0 aromatic carbocycles. The van der Waals surface area contributed by atoms with Crippen LogP contribution < -0.4 is 0 Å². The van der Waals surface area contributed by atoms with E-state index in [9.17, 15) is 8.42 Å². The number of sulfone groups is 1. The third-order valence-corrected chi connectivity index (χ3v) is 3.37. The van der Waals surface area contributed by atoms with Crippen LogP contribution in [0.4, 0.5) is 0 Å². The molecule has 2 unspecified atom stereocenters. The summed E-state index contributed by atoms with van der Waals surface area (Å²) in [5, 5.41) is 0.0664. The summed E-state index contributed by atoms with van der Waals surface area (Å²) in [5.74, 6) is 0.573. The molecule has 0 aromatic rings. The lowest BCUT2D eigenvalue weighted by atomic mass is 10.0. The van der Waals surface area contributed by atoms with Crippen LogP contribution in [0.1, 0.15) is 26.7 Å². The molecule has 0 N–H and O–H groups in total. The molecule has 0 aromatic heterocycles. The van der Waals surface area contributed by atoms with Gasteiger partial charge in [0, 0.05) is 11.6 Å². The summed E-state index contributed by atoms with van der Waals surface area (Å²) < 4.78 is 21.7. The molecular weight excluding hydrogens is 196 g/mol. The van der Waals surface area contributed by atoms with Gasteiger partial charge in [0.05, 0.1) is 5.75 Å². The van der Waals surface area contributed by atoms with E-state index in [1.807, 2.05) is 13.8 Å². The Morgan fingerprint density at radius 1 is 1.42 bits per heavy atom. The van der Waals surface area contributed by atoms with Crippen molar-refractivity contribution in [1.29, 1.82) is 0 Å². The van der Waals surface area contributed by atoms with Gasteiger partial charge in [-0.1, -0.05) is 13.3 Å². The Bertz CT molecular complexity index is 209. The zero-order valence-corrected chi connectivity index (χ0v) is 9.45. The van der Waals surface area contributed by atoms with Gasteiger partial charge in [0.2, 0.25) is 0 Å². The quantitative estimate of drug-likeness (QED) is 0.654. The van der Waals surface area contributed by atoms with Gasteiger partial charge in [0.1, 0.15) is 9.84 Å². The number of halogens is 1. The summed E-state index contributed by atoms with van der Waals surface area (Å²) in [6.45, 7) is 3.95. The lowest BCUT2D eigenvalue weighted by Crippen LogP contribution is -2.15. The van der Waals surface area contributed by atoms with Crippen LogP contribution in [0.2, 0.25) is 0 Å². The van der Waals surface area contributed by atoms with Crippen LogP contribution in [0.25, 0.3) is 0 Å². The van der Waals surface area contributed by atoms with E-state index in [2.05, 4.69) is 0 Å². The van der Waals surface area contributed by atoms with E-state index in [0.717, 1.165) is 6.42 Å². The third-order valence-electron chi connectivity index (χ3n) is 2.03. The van der Waals surface area contributed by atoms with Gasteiger partial charge in [-0.2, -0.15) is 0 Å². The van der Waals surface area contributed by atoms with Gasteiger partial charge in [0.25, 0.3) is 0 Å². The fourth-order valence-electron chi connectivity index (χ4n) is 1.12. The maximum Gasteiger partial charge on any atom is 0.147 e. The van der Waals surface area contributed by atoms with Gasteiger partial charge in [-0.3, -0.25) is 0 Å². The monoisotopic (exact) mass is 212 g/mol. The minimum absolute atomic E-state index is 0.0664. The maximum atomic E-state index is 10.8. The molecule has 2 atom stereocenters. The molecule has 0 fully saturated rings. The van der Waals surface area contributed by atoms with E-state index >= 15 is 0 Å². The maximum absolute atomic E-state index is 10.8. The predicted molar refractivity (Wildman–Crippen MR) is 53.4 cm³/mol. The Morgan fingerprint density at radius 3 is 2.17 bits per heavy atom. The van der Waals surface area contributed by atoms with E-state index in [1.54, 1.807) is 0 Å². The Morgan fingerprint density at radius 2 is 1.92 bits per heavy atom. The average Bonchev–Trinajstić information content (AvgIpc) is 1.85. The van der Waals surface area contributed by atoms with Crippen LogP contribution in [0.5, 0.6) is 0 Å². The van der Waals surface area contributed by atoms with Crippen LogP contribution in [-0.2, 0) is 9.84 Å². The summed E-state index contributed by atoms with van der Waals surface area (Å²) in [6, 6.07) is 0. The summed E-state index contributed by atoms with van der Waals surface area (Å²) in [7, 11) is -2.82. The first-order valence-electron chi connectivity index (χ1n) is 4.18. The van der Waals surface area contributed by atoms with Crippen molar-refractivity contribution in [2.45, 2.75) is 32.1 Å². The van der Waals surface area contributed by atoms with Gasteiger partial charge < -0.3 is 0 Å². The first-order valence-corrected chi connectivity index (χ1v) is 6.68. The smallest absolute Gasteiger partial charge is 0.147 e. The second kappa shape index (κ2) is 5.07. The van der Waals surface area contributed by atoms with Crippen LogP contribution >= 0.6 is 11.6 Å². The molecule has 0 aliphatic rings. The summed E-state index contributed by atoms with van der Waals surface area (Å²) in [5.41, 5.74) is 0. The molecule has 0 rings (SSSR count). The Balaban J connectivity index is 3.90. The van der Waals surface area contributed by atoms with Gasteiger partial charge >= 0.3 is 0 Å². The second-order valence-corrected chi connectivity index (χ2v) is 6.21. The van der Waals surface area contributed by atoms with Crippen LogP contribution in [-0.4, -0.2) is 25.8 Å². The minimum Gasteiger partial charge on any atom is -0.229 e. The highest BCUT2D eigenvalue weighted by Gasteiger charge is 2.14. The van der Waals surface area contributed by atoms with Crippen LogP contribution in [0, 0.1) is 5.92 Å². The van der Waals surface area contributed by atoms with Crippen LogP contribution in [0.3, 0.4) is 0 Å². The first kappa shape index (κ1) is 12.2. The van der Waals surface area contributed by atoms with Crippen molar-refractivity contribution in [3.05, 3.63) is 0 Å². The largest absolute Gasteiger partial charge is 0.229 e. The van der Waals surface area contributed by atoms with Crippen molar-refractivity contribution in [3.63, 3.8) is 0 Å². The van der Waals surface area contributed by atoms with Crippen molar-refractivity contribution in [2.24, 2.45) is 5.92 Å². The van der Waals surface area contributed by atoms with Crippen molar-refractivity contribution in [1.82, 2.24) is 0 Å². The molecule has 74 valence electrons. The topological polar surface area (TPSA) is 34.1 Å². The standard InChI is InChI=1S/C8H17ClO2S/c1-4-8(7(2)9)5-6-12(3,10)11/h7-8H,4-6H2,1-3H3. The lowest BCUT2D eigenvalue weighted by Gasteiger charge is -2.15. The molecule has 12 heavy (non-hydrogen) atoms. The van der Waals surface area contributed by atoms with E-state index in [0.29, 0.717) is 12.3 Å². The Kier molecular flexibility index (Phi) is 5.18. The molecule has 0 aliphatic carbocycles. The van der Waals surface area contributed by atoms with Gasteiger partial charge in [-0.15, -0.1) is 11.6 Å². The molecule has 0 aliphatic heterocycles. The highest BCUT2D eigenvalue weighted by molar-refractivity contribution is 7.90. The van der Waals surface area contributed by atoms with Crippen molar-refractivity contribution < 1.29 is 8.42 Å². The van der Waals surface area contributed by atoms with E-state index < -0.39 is 9.84 Å². The van der Waals surface area contributed by atoms with Crippen molar-refractivity contribution >= 4 is 21.4 Å². The third kappa shape index (κ3) is 5.84. The number of hydrogen-bond donors (Lipinski definition) is 0. The normalized spacial score (nSPS) is 17.3. The van der Waals surface area contributed by atoms with Gasteiger partial charge in [0.15, 0.2) is 0 Å². The Hall–Kier alpha value is 0.240. The van der Waals surface area contributed by atoms with E-state index in [1.165, 1.54) is 6.26 Å². The van der Waals surface area contributed by atoms with Crippen LogP contribution in [0.15, 0.2) is 0 Å².